The van der Waals surface area contributed by atoms with Crippen LogP contribution in [0.3, 0.4) is 0 Å². The third-order valence-electron chi connectivity index (χ3n) is 5.05. The summed E-state index contributed by atoms with van der Waals surface area (Å²) < 4.78 is 0.934. The molecule has 0 heterocycles. The average Bonchev–Trinajstić information content (AvgIpc) is 2.40. The van der Waals surface area contributed by atoms with Gasteiger partial charge in [0.1, 0.15) is 0 Å². The second-order valence-corrected chi connectivity index (χ2v) is 7.04. The summed E-state index contributed by atoms with van der Waals surface area (Å²) in [6.45, 7) is 7.45. The first-order valence-electron chi connectivity index (χ1n) is 7.35. The highest BCUT2D eigenvalue weighted by molar-refractivity contribution is 9.10. The van der Waals surface area contributed by atoms with Crippen molar-refractivity contribution in [3.8, 4) is 0 Å². The molecule has 0 aliphatic carbocycles. The third-order valence-corrected chi connectivity index (χ3v) is 5.58. The van der Waals surface area contributed by atoms with Crippen molar-refractivity contribution in [3.05, 3.63) is 34.3 Å². The summed E-state index contributed by atoms with van der Waals surface area (Å²) in [4.78, 5) is 23.1. The van der Waals surface area contributed by atoms with Crippen molar-refractivity contribution >= 4 is 27.9 Å². The number of halogens is 1. The summed E-state index contributed by atoms with van der Waals surface area (Å²) in [6, 6.07) is 7.70. The van der Waals surface area contributed by atoms with Crippen LogP contribution in [-0.4, -0.2) is 22.2 Å². The third kappa shape index (κ3) is 3.05. The van der Waals surface area contributed by atoms with Crippen LogP contribution in [0.4, 0.5) is 0 Å². The van der Waals surface area contributed by atoms with Gasteiger partial charge < -0.3 is 10.2 Å². The van der Waals surface area contributed by atoms with E-state index in [-0.39, 0.29) is 0 Å². The maximum atomic E-state index is 11.6. The van der Waals surface area contributed by atoms with Crippen LogP contribution in [0.15, 0.2) is 28.7 Å². The van der Waals surface area contributed by atoms with Gasteiger partial charge in [-0.25, -0.2) is 0 Å². The fourth-order valence-corrected chi connectivity index (χ4v) is 3.97. The lowest BCUT2D eigenvalue weighted by Gasteiger charge is -2.48. The largest absolute Gasteiger partial charge is 0.481 e. The molecule has 0 bridgehead atoms. The molecule has 0 atom stereocenters. The summed E-state index contributed by atoms with van der Waals surface area (Å²) in [5.41, 5.74) is -0.505. The normalized spacial score (nSPS) is 12.5. The zero-order chi connectivity index (χ0) is 17.1. The molecule has 1 aromatic carbocycles. The summed E-state index contributed by atoms with van der Waals surface area (Å²) in [6.07, 6.45) is 1.32. The van der Waals surface area contributed by atoms with Gasteiger partial charge in [0, 0.05) is 9.89 Å². The van der Waals surface area contributed by atoms with Crippen molar-refractivity contribution in [2.75, 3.05) is 0 Å². The maximum absolute atomic E-state index is 11.6. The summed E-state index contributed by atoms with van der Waals surface area (Å²) in [5.74, 6) is -4.04. The first-order valence-corrected chi connectivity index (χ1v) is 8.15. The first kappa shape index (κ1) is 18.7. The van der Waals surface area contributed by atoms with Crippen molar-refractivity contribution in [3.63, 3.8) is 0 Å². The number of aliphatic carboxylic acids is 2. The Morgan fingerprint density at radius 3 is 1.77 bits per heavy atom. The van der Waals surface area contributed by atoms with E-state index in [1.54, 1.807) is 13.8 Å². The summed E-state index contributed by atoms with van der Waals surface area (Å²) >= 11 is 3.39. The highest BCUT2D eigenvalue weighted by Crippen LogP contribution is 2.51. The number of rotatable bonds is 7. The summed E-state index contributed by atoms with van der Waals surface area (Å²) in [7, 11) is 0. The molecular formula is C17H23BrO4. The van der Waals surface area contributed by atoms with Crippen molar-refractivity contribution in [1.82, 2.24) is 0 Å². The van der Waals surface area contributed by atoms with Crippen molar-refractivity contribution < 1.29 is 19.8 Å². The van der Waals surface area contributed by atoms with Crippen LogP contribution in [0.5, 0.6) is 0 Å². The topological polar surface area (TPSA) is 74.6 Å². The number of benzene rings is 1. The Morgan fingerprint density at radius 2 is 1.45 bits per heavy atom. The van der Waals surface area contributed by atoms with Crippen LogP contribution in [0, 0.1) is 11.3 Å². The quantitative estimate of drug-likeness (QED) is 0.700. The van der Waals surface area contributed by atoms with E-state index in [1.165, 1.54) is 0 Å². The number of hydrogen-bond donors (Lipinski definition) is 2. The molecule has 0 fully saturated rings. The fourth-order valence-electron chi connectivity index (χ4n) is 3.71. The standard InChI is InChI=1S/C17H23BrO4/c1-5-17(6-2,11-7-9-12(18)10-8-11)16(3,4)13(14(19)20)15(21)22/h7-10,13H,5-6H2,1-4H3,(H,19,20)(H,21,22). The molecule has 0 aromatic heterocycles. The van der Waals surface area contributed by atoms with Gasteiger partial charge in [-0.1, -0.05) is 55.8 Å². The smallest absolute Gasteiger partial charge is 0.318 e. The first-order chi connectivity index (χ1) is 10.1. The molecule has 1 aromatic rings. The van der Waals surface area contributed by atoms with Gasteiger partial charge in [0.2, 0.25) is 0 Å². The lowest BCUT2D eigenvalue weighted by molar-refractivity contribution is -0.163. The van der Waals surface area contributed by atoms with Crippen LogP contribution in [0.25, 0.3) is 0 Å². The second kappa shape index (κ2) is 6.82. The molecule has 0 unspecified atom stereocenters. The zero-order valence-corrected chi connectivity index (χ0v) is 15.0. The minimum Gasteiger partial charge on any atom is -0.481 e. The molecule has 2 N–H and O–H groups in total. The molecular weight excluding hydrogens is 348 g/mol. The molecule has 0 radical (unpaired) electrons. The van der Waals surface area contributed by atoms with E-state index in [1.807, 2.05) is 38.1 Å². The Hall–Kier alpha value is -1.36. The minimum absolute atomic E-state index is 0.533. The van der Waals surface area contributed by atoms with E-state index in [2.05, 4.69) is 15.9 Å². The van der Waals surface area contributed by atoms with Gasteiger partial charge in [0.05, 0.1) is 0 Å². The average molecular weight is 371 g/mol. The van der Waals surface area contributed by atoms with Crippen molar-refractivity contribution in [1.29, 1.82) is 0 Å². The monoisotopic (exact) mass is 370 g/mol. The summed E-state index contributed by atoms with van der Waals surface area (Å²) in [5, 5.41) is 18.9. The molecule has 122 valence electrons. The molecule has 22 heavy (non-hydrogen) atoms. The Kier molecular flexibility index (Phi) is 5.79. The van der Waals surface area contributed by atoms with E-state index >= 15 is 0 Å². The highest BCUT2D eigenvalue weighted by atomic mass is 79.9. The Bertz CT molecular complexity index is 530. The Labute approximate surface area is 139 Å². The SMILES string of the molecule is CCC(CC)(c1ccc(Br)cc1)C(C)(C)C(C(=O)O)C(=O)O. The Morgan fingerprint density at radius 1 is 1.05 bits per heavy atom. The minimum atomic E-state index is -1.46. The van der Waals surface area contributed by atoms with Crippen LogP contribution < -0.4 is 0 Å². The molecule has 4 nitrogen and oxygen atoms in total. The van der Waals surface area contributed by atoms with Gasteiger partial charge >= 0.3 is 11.9 Å². The van der Waals surface area contributed by atoms with Crippen LogP contribution in [0.1, 0.15) is 46.1 Å². The Balaban J connectivity index is 3.54. The van der Waals surface area contributed by atoms with Gasteiger partial charge in [-0.2, -0.15) is 0 Å². The van der Waals surface area contributed by atoms with Gasteiger partial charge in [0.25, 0.3) is 0 Å². The molecule has 0 aliphatic rings. The predicted molar refractivity (Wildman–Crippen MR) is 88.9 cm³/mol. The van der Waals surface area contributed by atoms with Crippen LogP contribution in [0.2, 0.25) is 0 Å². The molecule has 0 amide bonds. The molecule has 0 saturated carbocycles. The van der Waals surface area contributed by atoms with Gasteiger partial charge in [-0.3, -0.25) is 9.59 Å². The van der Waals surface area contributed by atoms with E-state index in [0.717, 1.165) is 10.0 Å². The highest BCUT2D eigenvalue weighted by Gasteiger charge is 2.53. The number of hydrogen-bond acceptors (Lipinski definition) is 2. The zero-order valence-electron chi connectivity index (χ0n) is 13.4. The van der Waals surface area contributed by atoms with Gasteiger partial charge in [0.15, 0.2) is 5.92 Å². The second-order valence-electron chi connectivity index (χ2n) is 6.13. The van der Waals surface area contributed by atoms with E-state index in [9.17, 15) is 19.8 Å². The van der Waals surface area contributed by atoms with E-state index in [0.29, 0.717) is 12.8 Å². The van der Waals surface area contributed by atoms with E-state index in [4.69, 9.17) is 0 Å². The van der Waals surface area contributed by atoms with Crippen LogP contribution >= 0.6 is 15.9 Å². The van der Waals surface area contributed by atoms with Gasteiger partial charge in [-0.15, -0.1) is 0 Å². The molecule has 1 rings (SSSR count). The van der Waals surface area contributed by atoms with Crippen LogP contribution in [-0.2, 0) is 15.0 Å². The van der Waals surface area contributed by atoms with Gasteiger partial charge in [-0.05, 0) is 36.0 Å². The number of carbonyl (C=O) groups is 2. The molecule has 0 aliphatic heterocycles. The maximum Gasteiger partial charge on any atom is 0.318 e. The van der Waals surface area contributed by atoms with E-state index < -0.39 is 28.7 Å². The number of carboxylic acid groups (broad SMARTS) is 2. The van der Waals surface area contributed by atoms with Crippen molar-refractivity contribution in [2.45, 2.75) is 46.0 Å². The molecule has 0 saturated heterocycles. The predicted octanol–water partition coefficient (Wildman–Crippen LogP) is 4.32. The lowest BCUT2D eigenvalue weighted by atomic mass is 9.54. The molecule has 0 spiro atoms. The molecule has 5 heteroatoms. The number of carboxylic acids is 2. The fraction of sp³-hybridized carbons (Fsp3) is 0.529. The van der Waals surface area contributed by atoms with Crippen molar-refractivity contribution in [2.24, 2.45) is 11.3 Å². The lowest BCUT2D eigenvalue weighted by Crippen LogP contribution is -2.51.